The van der Waals surface area contributed by atoms with Crippen LogP contribution in [0.4, 0.5) is 0 Å². The van der Waals surface area contributed by atoms with Crippen LogP contribution in [0.15, 0.2) is 30.3 Å². The molecule has 7 nitrogen and oxygen atoms in total. The molecule has 0 spiro atoms. The molecule has 1 heterocycles. The molecule has 1 fully saturated rings. The van der Waals surface area contributed by atoms with Gasteiger partial charge in [0.15, 0.2) is 6.61 Å². The van der Waals surface area contributed by atoms with E-state index in [4.69, 9.17) is 9.47 Å². The summed E-state index contributed by atoms with van der Waals surface area (Å²) in [7, 11) is 1.35. The predicted molar refractivity (Wildman–Crippen MR) is 97.0 cm³/mol. The number of nitrogens with zero attached hydrogens (tertiary/aromatic N) is 2. The SMILES string of the molecule is COC(=O)CCN(CCCN1CCOCC1)C(=O)COc1ccccc1. The Balaban J connectivity index is 1.80. The second kappa shape index (κ2) is 11.5. The van der Waals surface area contributed by atoms with Crippen molar-refractivity contribution in [2.24, 2.45) is 0 Å². The smallest absolute Gasteiger partial charge is 0.307 e. The zero-order chi connectivity index (χ0) is 18.6. The number of para-hydroxylation sites is 1. The molecule has 144 valence electrons. The lowest BCUT2D eigenvalue weighted by Gasteiger charge is -2.28. The van der Waals surface area contributed by atoms with Gasteiger partial charge in [-0.2, -0.15) is 0 Å². The number of benzene rings is 1. The third kappa shape index (κ3) is 7.41. The molecule has 0 unspecified atom stereocenters. The molecular formula is C19H28N2O5. The molecule has 0 N–H and O–H groups in total. The Hall–Kier alpha value is -2.12. The second-order valence-corrected chi connectivity index (χ2v) is 6.12. The highest BCUT2D eigenvalue weighted by Crippen LogP contribution is 2.09. The summed E-state index contributed by atoms with van der Waals surface area (Å²) < 4.78 is 15.6. The number of hydrogen-bond donors (Lipinski definition) is 0. The van der Waals surface area contributed by atoms with E-state index < -0.39 is 0 Å². The van der Waals surface area contributed by atoms with Gasteiger partial charge in [0.25, 0.3) is 5.91 Å². The predicted octanol–water partition coefficient (Wildman–Crippen LogP) is 1.18. The van der Waals surface area contributed by atoms with Gasteiger partial charge < -0.3 is 19.1 Å². The minimum Gasteiger partial charge on any atom is -0.484 e. The van der Waals surface area contributed by atoms with Gasteiger partial charge in [-0.25, -0.2) is 0 Å². The first-order valence-corrected chi connectivity index (χ1v) is 9.01. The fourth-order valence-electron chi connectivity index (χ4n) is 2.75. The Labute approximate surface area is 154 Å². The lowest BCUT2D eigenvalue weighted by molar-refractivity contribution is -0.142. The molecule has 0 radical (unpaired) electrons. The normalized spacial score (nSPS) is 14.7. The minimum absolute atomic E-state index is 0.0389. The van der Waals surface area contributed by atoms with Gasteiger partial charge in [-0.1, -0.05) is 18.2 Å². The third-order valence-corrected chi connectivity index (χ3v) is 4.28. The van der Waals surface area contributed by atoms with Crippen LogP contribution >= 0.6 is 0 Å². The summed E-state index contributed by atoms with van der Waals surface area (Å²) in [5, 5.41) is 0. The number of methoxy groups -OCH3 is 1. The van der Waals surface area contributed by atoms with E-state index in [0.717, 1.165) is 39.3 Å². The molecule has 26 heavy (non-hydrogen) atoms. The van der Waals surface area contributed by atoms with E-state index in [0.29, 0.717) is 18.8 Å². The topological polar surface area (TPSA) is 68.3 Å². The molecule has 1 saturated heterocycles. The standard InChI is InChI=1S/C19H28N2O5/c1-24-19(23)8-11-21(10-5-9-20-12-14-25-15-13-20)18(22)16-26-17-6-3-2-4-7-17/h2-4,6-7H,5,8-16H2,1H3. The van der Waals surface area contributed by atoms with E-state index in [1.54, 1.807) is 4.90 Å². The quantitative estimate of drug-likeness (QED) is 0.581. The van der Waals surface area contributed by atoms with Gasteiger partial charge >= 0.3 is 5.97 Å². The van der Waals surface area contributed by atoms with Crippen molar-refractivity contribution >= 4 is 11.9 Å². The number of ether oxygens (including phenoxy) is 3. The lowest BCUT2D eigenvalue weighted by Crippen LogP contribution is -2.40. The van der Waals surface area contributed by atoms with Crippen LogP contribution in [-0.4, -0.2) is 81.3 Å². The maximum atomic E-state index is 12.5. The van der Waals surface area contributed by atoms with Crippen LogP contribution in [0.2, 0.25) is 0 Å². The van der Waals surface area contributed by atoms with Crippen LogP contribution in [0.3, 0.4) is 0 Å². The maximum absolute atomic E-state index is 12.5. The second-order valence-electron chi connectivity index (χ2n) is 6.12. The molecule has 1 amide bonds. The van der Waals surface area contributed by atoms with Crippen molar-refractivity contribution in [1.82, 2.24) is 9.80 Å². The number of carbonyl (C=O) groups is 2. The first-order chi connectivity index (χ1) is 12.7. The summed E-state index contributed by atoms with van der Waals surface area (Å²) in [6.45, 7) is 5.16. The first-order valence-electron chi connectivity index (χ1n) is 9.01. The highest BCUT2D eigenvalue weighted by Gasteiger charge is 2.17. The van der Waals surface area contributed by atoms with Gasteiger partial charge in [-0.15, -0.1) is 0 Å². The fourth-order valence-corrected chi connectivity index (χ4v) is 2.75. The van der Waals surface area contributed by atoms with Gasteiger partial charge in [0.2, 0.25) is 0 Å². The molecule has 1 aliphatic heterocycles. The molecule has 0 bridgehead atoms. The van der Waals surface area contributed by atoms with Gasteiger partial charge in [0.1, 0.15) is 5.75 Å². The van der Waals surface area contributed by atoms with Crippen molar-refractivity contribution in [3.63, 3.8) is 0 Å². The van der Waals surface area contributed by atoms with Gasteiger partial charge in [-0.3, -0.25) is 14.5 Å². The lowest BCUT2D eigenvalue weighted by atomic mass is 10.3. The number of morpholine rings is 1. The molecule has 1 aromatic rings. The van der Waals surface area contributed by atoms with Crippen LogP contribution in [0.1, 0.15) is 12.8 Å². The van der Waals surface area contributed by atoms with Crippen LogP contribution in [0.25, 0.3) is 0 Å². The van der Waals surface area contributed by atoms with E-state index in [1.807, 2.05) is 30.3 Å². The van der Waals surface area contributed by atoms with Gasteiger partial charge in [0, 0.05) is 32.7 Å². The highest BCUT2D eigenvalue weighted by atomic mass is 16.5. The maximum Gasteiger partial charge on any atom is 0.307 e. The fraction of sp³-hybridized carbons (Fsp3) is 0.579. The average molecular weight is 364 g/mol. The summed E-state index contributed by atoms with van der Waals surface area (Å²) in [4.78, 5) is 27.9. The van der Waals surface area contributed by atoms with Crippen LogP contribution in [0, 0.1) is 0 Å². The molecule has 0 aliphatic carbocycles. The number of hydrogen-bond acceptors (Lipinski definition) is 6. The van der Waals surface area contributed by atoms with Crippen molar-refractivity contribution < 1.29 is 23.8 Å². The number of amides is 1. The van der Waals surface area contributed by atoms with E-state index in [-0.39, 0.29) is 24.9 Å². The largest absolute Gasteiger partial charge is 0.484 e. The van der Waals surface area contributed by atoms with Crippen molar-refractivity contribution in [2.45, 2.75) is 12.8 Å². The first kappa shape index (κ1) is 20.2. The summed E-state index contributed by atoms with van der Waals surface area (Å²) in [6.07, 6.45) is 1.03. The highest BCUT2D eigenvalue weighted by molar-refractivity contribution is 5.78. The summed E-state index contributed by atoms with van der Waals surface area (Å²) in [6, 6.07) is 9.23. The van der Waals surface area contributed by atoms with Crippen molar-refractivity contribution in [1.29, 1.82) is 0 Å². The zero-order valence-electron chi connectivity index (χ0n) is 15.4. The molecule has 7 heteroatoms. The van der Waals surface area contributed by atoms with Crippen LogP contribution in [-0.2, 0) is 19.1 Å². The number of carbonyl (C=O) groups excluding carboxylic acids is 2. The van der Waals surface area contributed by atoms with E-state index in [2.05, 4.69) is 9.64 Å². The Kier molecular flexibility index (Phi) is 8.92. The zero-order valence-corrected chi connectivity index (χ0v) is 15.4. The van der Waals surface area contributed by atoms with Gasteiger partial charge in [-0.05, 0) is 18.6 Å². The van der Waals surface area contributed by atoms with Crippen molar-refractivity contribution in [3.8, 4) is 5.75 Å². The van der Waals surface area contributed by atoms with Crippen LogP contribution in [0.5, 0.6) is 5.75 Å². The Bertz CT molecular complexity index is 546. The third-order valence-electron chi connectivity index (χ3n) is 4.28. The number of rotatable bonds is 10. The summed E-state index contributed by atoms with van der Waals surface area (Å²) in [5.41, 5.74) is 0. The Morgan fingerprint density at radius 3 is 2.58 bits per heavy atom. The van der Waals surface area contributed by atoms with E-state index in [9.17, 15) is 9.59 Å². The summed E-state index contributed by atoms with van der Waals surface area (Å²) in [5.74, 6) is 0.210. The molecule has 0 atom stereocenters. The van der Waals surface area contributed by atoms with Gasteiger partial charge in [0.05, 0.1) is 26.7 Å². The van der Waals surface area contributed by atoms with E-state index in [1.165, 1.54) is 7.11 Å². The average Bonchev–Trinajstić information content (AvgIpc) is 2.70. The van der Waals surface area contributed by atoms with Crippen molar-refractivity contribution in [3.05, 3.63) is 30.3 Å². The Morgan fingerprint density at radius 1 is 1.15 bits per heavy atom. The molecular weight excluding hydrogens is 336 g/mol. The monoisotopic (exact) mass is 364 g/mol. The molecule has 0 saturated carbocycles. The summed E-state index contributed by atoms with van der Waals surface area (Å²) >= 11 is 0. The minimum atomic E-state index is -0.319. The van der Waals surface area contributed by atoms with E-state index >= 15 is 0 Å². The Morgan fingerprint density at radius 2 is 1.88 bits per heavy atom. The molecule has 1 aromatic carbocycles. The molecule has 1 aliphatic rings. The molecule has 2 rings (SSSR count). The van der Waals surface area contributed by atoms with Crippen LogP contribution < -0.4 is 4.74 Å². The molecule has 0 aromatic heterocycles. The number of esters is 1. The van der Waals surface area contributed by atoms with Crippen molar-refractivity contribution in [2.75, 3.05) is 59.7 Å².